The highest BCUT2D eigenvalue weighted by molar-refractivity contribution is 6.30. The van der Waals surface area contributed by atoms with Crippen molar-refractivity contribution in [1.82, 2.24) is 5.32 Å². The first-order valence-electron chi connectivity index (χ1n) is 12.5. The number of hydrogen-bond donors (Lipinski definition) is 1. The molecular weight excluding hydrogens is 490 g/mol. The number of aryl methyl sites for hydroxylation is 2. The molecule has 190 valence electrons. The zero-order valence-corrected chi connectivity index (χ0v) is 21.5. The molecule has 1 fully saturated rings. The van der Waals surface area contributed by atoms with Gasteiger partial charge in [-0.3, -0.25) is 24.6 Å². The summed E-state index contributed by atoms with van der Waals surface area (Å²) in [6, 6.07) is 16.7. The molecular formula is C29H28ClN3O4. The number of anilines is 1. The zero-order valence-electron chi connectivity index (χ0n) is 20.8. The number of rotatable bonds is 5. The predicted molar refractivity (Wildman–Crippen MR) is 143 cm³/mol. The minimum atomic E-state index is -1.56. The van der Waals surface area contributed by atoms with Crippen LogP contribution in [-0.4, -0.2) is 22.8 Å². The first kappa shape index (κ1) is 25.0. The van der Waals surface area contributed by atoms with E-state index in [2.05, 4.69) is 5.32 Å². The van der Waals surface area contributed by atoms with Gasteiger partial charge in [-0.2, -0.15) is 0 Å². The van der Waals surface area contributed by atoms with Gasteiger partial charge in [-0.1, -0.05) is 49.1 Å². The molecule has 8 heteroatoms. The molecule has 1 N–H and O–H groups in total. The number of nitrogens with zero attached hydrogens (tertiary/aromatic N) is 2. The summed E-state index contributed by atoms with van der Waals surface area (Å²) >= 11 is 6.22. The smallest absolute Gasteiger partial charge is 0.270 e. The number of fused-ring (bicyclic) bond motifs is 1. The van der Waals surface area contributed by atoms with Gasteiger partial charge in [-0.25, -0.2) is 0 Å². The highest BCUT2D eigenvalue weighted by atomic mass is 35.5. The highest BCUT2D eigenvalue weighted by Crippen LogP contribution is 2.48. The van der Waals surface area contributed by atoms with E-state index in [4.69, 9.17) is 11.6 Å². The van der Waals surface area contributed by atoms with Crippen LogP contribution in [0.1, 0.15) is 64.7 Å². The van der Waals surface area contributed by atoms with Crippen molar-refractivity contribution in [3.63, 3.8) is 0 Å². The van der Waals surface area contributed by atoms with Crippen molar-refractivity contribution in [2.45, 2.75) is 57.5 Å². The van der Waals surface area contributed by atoms with Crippen molar-refractivity contribution in [3.8, 4) is 0 Å². The molecule has 1 atom stereocenters. The molecule has 7 nitrogen and oxygen atoms in total. The molecule has 3 aromatic rings. The SMILES string of the molecule is Cc1ccc(N2C(=O)c3cc([N+](=O)[O-])ccc3C2(C(=O)NC2CCCCC2)c2ccc(Cl)cc2)cc1C. The molecule has 37 heavy (non-hydrogen) atoms. The Balaban J connectivity index is 1.79. The normalized spacial score (nSPS) is 19.5. The van der Waals surface area contributed by atoms with Gasteiger partial charge in [0.15, 0.2) is 5.54 Å². The summed E-state index contributed by atoms with van der Waals surface area (Å²) in [4.78, 5) is 41.2. The molecule has 2 amide bonds. The fourth-order valence-corrected chi connectivity index (χ4v) is 5.70. The quantitative estimate of drug-likeness (QED) is 0.321. The molecule has 1 unspecified atom stereocenters. The lowest BCUT2D eigenvalue weighted by Crippen LogP contribution is -2.57. The topological polar surface area (TPSA) is 92.6 Å². The summed E-state index contributed by atoms with van der Waals surface area (Å²) in [5.41, 5.74) is 1.90. The molecule has 2 aliphatic rings. The van der Waals surface area contributed by atoms with E-state index in [-0.39, 0.29) is 23.2 Å². The van der Waals surface area contributed by atoms with Gasteiger partial charge < -0.3 is 5.32 Å². The number of amides is 2. The lowest BCUT2D eigenvalue weighted by Gasteiger charge is -2.40. The first-order valence-corrected chi connectivity index (χ1v) is 12.9. The van der Waals surface area contributed by atoms with E-state index in [0.29, 0.717) is 21.8 Å². The second kappa shape index (κ2) is 9.63. The molecule has 3 aromatic carbocycles. The van der Waals surface area contributed by atoms with Crippen LogP contribution in [0.5, 0.6) is 0 Å². The Hall–Kier alpha value is -3.71. The maximum absolute atomic E-state index is 14.5. The number of nitro groups is 1. The first-order chi connectivity index (χ1) is 17.7. The largest absolute Gasteiger partial charge is 0.351 e. The molecule has 0 aromatic heterocycles. The number of carbonyl (C=O) groups excluding carboxylic acids is 2. The van der Waals surface area contributed by atoms with Crippen molar-refractivity contribution in [2.24, 2.45) is 0 Å². The van der Waals surface area contributed by atoms with Crippen molar-refractivity contribution in [1.29, 1.82) is 0 Å². The Labute approximate surface area is 220 Å². The summed E-state index contributed by atoms with van der Waals surface area (Å²) in [7, 11) is 0. The number of benzene rings is 3. The number of nitrogens with one attached hydrogen (secondary N) is 1. The van der Waals surface area contributed by atoms with Crippen LogP contribution in [0.2, 0.25) is 5.02 Å². The summed E-state index contributed by atoms with van der Waals surface area (Å²) in [5, 5.41) is 15.3. The van der Waals surface area contributed by atoms with E-state index in [1.54, 1.807) is 30.3 Å². The molecule has 5 rings (SSSR count). The Morgan fingerprint density at radius 3 is 2.35 bits per heavy atom. The minimum Gasteiger partial charge on any atom is -0.351 e. The second-order valence-electron chi connectivity index (χ2n) is 9.92. The minimum absolute atomic E-state index is 0.00997. The maximum Gasteiger partial charge on any atom is 0.270 e. The van der Waals surface area contributed by atoms with Gasteiger partial charge in [0.1, 0.15) is 0 Å². The van der Waals surface area contributed by atoms with E-state index in [0.717, 1.165) is 43.2 Å². The molecule has 0 bridgehead atoms. The lowest BCUT2D eigenvalue weighted by atomic mass is 9.80. The van der Waals surface area contributed by atoms with Gasteiger partial charge in [0.25, 0.3) is 17.5 Å². The third-order valence-corrected chi connectivity index (χ3v) is 7.90. The highest BCUT2D eigenvalue weighted by Gasteiger charge is 2.57. The Morgan fingerprint density at radius 1 is 1.00 bits per heavy atom. The molecule has 1 heterocycles. The van der Waals surface area contributed by atoms with Gasteiger partial charge in [-0.05, 0) is 73.7 Å². The van der Waals surface area contributed by atoms with Gasteiger partial charge in [-0.15, -0.1) is 0 Å². The maximum atomic E-state index is 14.5. The average Bonchev–Trinajstić information content (AvgIpc) is 3.15. The van der Waals surface area contributed by atoms with Crippen molar-refractivity contribution < 1.29 is 14.5 Å². The molecule has 1 aliphatic carbocycles. The lowest BCUT2D eigenvalue weighted by molar-refractivity contribution is -0.384. The fourth-order valence-electron chi connectivity index (χ4n) is 5.57. The number of carbonyl (C=O) groups is 2. The van der Waals surface area contributed by atoms with Gasteiger partial charge in [0.2, 0.25) is 0 Å². The summed E-state index contributed by atoms with van der Waals surface area (Å²) in [5.74, 6) is -0.795. The predicted octanol–water partition coefficient (Wildman–Crippen LogP) is 6.22. The summed E-state index contributed by atoms with van der Waals surface area (Å²) in [6.45, 7) is 3.93. The summed E-state index contributed by atoms with van der Waals surface area (Å²) < 4.78 is 0. The van der Waals surface area contributed by atoms with Crippen LogP contribution in [-0.2, 0) is 10.3 Å². The van der Waals surface area contributed by atoms with Crippen LogP contribution in [0.3, 0.4) is 0 Å². The average molecular weight is 518 g/mol. The molecule has 0 spiro atoms. The van der Waals surface area contributed by atoms with Crippen LogP contribution in [0.4, 0.5) is 11.4 Å². The number of non-ortho nitro benzene ring substituents is 1. The summed E-state index contributed by atoms with van der Waals surface area (Å²) in [6.07, 6.45) is 4.93. The Morgan fingerprint density at radius 2 is 1.70 bits per heavy atom. The van der Waals surface area contributed by atoms with Gasteiger partial charge in [0.05, 0.1) is 10.5 Å². The van der Waals surface area contributed by atoms with Crippen LogP contribution >= 0.6 is 11.6 Å². The van der Waals surface area contributed by atoms with Crippen molar-refractivity contribution >= 4 is 34.8 Å². The van der Waals surface area contributed by atoms with E-state index >= 15 is 0 Å². The van der Waals surface area contributed by atoms with Crippen molar-refractivity contribution in [2.75, 3.05) is 4.90 Å². The number of nitro benzene ring substituents is 1. The second-order valence-corrected chi connectivity index (χ2v) is 10.4. The third-order valence-electron chi connectivity index (χ3n) is 7.65. The van der Waals surface area contributed by atoms with E-state index in [9.17, 15) is 19.7 Å². The zero-order chi connectivity index (χ0) is 26.3. The third kappa shape index (κ3) is 4.17. The Bertz CT molecular complexity index is 1400. The van der Waals surface area contributed by atoms with Crippen LogP contribution in [0.15, 0.2) is 60.7 Å². The monoisotopic (exact) mass is 517 g/mol. The molecule has 1 saturated carbocycles. The van der Waals surface area contributed by atoms with Crippen LogP contribution < -0.4 is 10.2 Å². The van der Waals surface area contributed by atoms with E-state index in [1.165, 1.54) is 17.0 Å². The van der Waals surface area contributed by atoms with Gasteiger partial charge in [0, 0.05) is 34.4 Å². The Kier molecular flexibility index (Phi) is 6.50. The van der Waals surface area contributed by atoms with Crippen LogP contribution in [0, 0.1) is 24.0 Å². The van der Waals surface area contributed by atoms with Gasteiger partial charge >= 0.3 is 0 Å². The fraction of sp³-hybridized carbons (Fsp3) is 0.310. The molecule has 1 aliphatic heterocycles. The van der Waals surface area contributed by atoms with Crippen molar-refractivity contribution in [3.05, 3.63) is 104 Å². The van der Waals surface area contributed by atoms with Crippen LogP contribution in [0.25, 0.3) is 0 Å². The number of hydrogen-bond acceptors (Lipinski definition) is 4. The van der Waals surface area contributed by atoms with E-state index in [1.807, 2.05) is 32.0 Å². The number of halogens is 1. The molecule has 0 radical (unpaired) electrons. The standard InChI is InChI=1S/C29H28ClN3O4/c1-18-8-13-23(16-19(18)2)32-27(34)25-17-24(33(36)37)14-15-26(25)29(32,20-9-11-21(30)12-10-20)28(35)31-22-6-4-3-5-7-22/h8-17,22H,3-7H2,1-2H3,(H,31,35). The van der Waals surface area contributed by atoms with E-state index < -0.39 is 16.4 Å². The molecule has 0 saturated heterocycles.